The van der Waals surface area contributed by atoms with Gasteiger partial charge < -0.3 is 15.5 Å². The van der Waals surface area contributed by atoms with Crippen molar-refractivity contribution < 1.29 is 0 Å². The third-order valence-electron chi connectivity index (χ3n) is 6.19. The predicted octanol–water partition coefficient (Wildman–Crippen LogP) is 3.03. The molecular formula is C21H37N5S. The highest BCUT2D eigenvalue weighted by molar-refractivity contribution is 7.10. The third kappa shape index (κ3) is 5.93. The molecule has 0 bridgehead atoms. The molecule has 0 spiro atoms. The number of hydrogen-bond donors (Lipinski definition) is 2. The van der Waals surface area contributed by atoms with Gasteiger partial charge in [-0.25, -0.2) is 0 Å². The molecule has 2 unspecified atom stereocenters. The fraction of sp³-hybridized carbons (Fsp3) is 0.762. The van der Waals surface area contributed by atoms with Gasteiger partial charge in [0.05, 0.1) is 6.04 Å². The van der Waals surface area contributed by atoms with Gasteiger partial charge in [0.25, 0.3) is 0 Å². The Morgan fingerprint density at radius 2 is 2.07 bits per heavy atom. The van der Waals surface area contributed by atoms with E-state index in [-0.39, 0.29) is 0 Å². The summed E-state index contributed by atoms with van der Waals surface area (Å²) < 4.78 is 0. The molecule has 1 aromatic heterocycles. The number of rotatable bonds is 7. The van der Waals surface area contributed by atoms with E-state index in [1.54, 1.807) is 0 Å². The Morgan fingerprint density at radius 3 is 2.70 bits per heavy atom. The van der Waals surface area contributed by atoms with Crippen LogP contribution in [-0.2, 0) is 0 Å². The number of aliphatic imine (C=N–C) groups is 1. The van der Waals surface area contributed by atoms with Gasteiger partial charge in [-0.15, -0.1) is 11.3 Å². The standard InChI is InChI=1S/C21H37N5S/c1-4-25-10-9-18(16-25)14-23-21(22-3)24-15-19(20-6-5-13-27-20)26-11-7-17(2)8-12-26/h5-6,13,17-19H,4,7-12,14-16H2,1-3H3,(H2,22,23,24). The van der Waals surface area contributed by atoms with Crippen molar-refractivity contribution in [2.45, 2.75) is 39.2 Å². The van der Waals surface area contributed by atoms with E-state index in [0.29, 0.717) is 6.04 Å². The monoisotopic (exact) mass is 391 g/mol. The first-order valence-corrected chi connectivity index (χ1v) is 11.5. The second kappa shape index (κ2) is 10.4. The number of thiophene rings is 1. The minimum absolute atomic E-state index is 0.443. The Hall–Kier alpha value is -1.11. The molecule has 2 aliphatic heterocycles. The Kier molecular flexibility index (Phi) is 7.97. The first kappa shape index (κ1) is 20.6. The summed E-state index contributed by atoms with van der Waals surface area (Å²) in [4.78, 5) is 11.1. The molecule has 3 heterocycles. The second-order valence-corrected chi connectivity index (χ2v) is 9.11. The Balaban J connectivity index is 1.51. The van der Waals surface area contributed by atoms with Crippen LogP contribution in [-0.4, -0.2) is 68.6 Å². The second-order valence-electron chi connectivity index (χ2n) is 8.13. The number of hydrogen-bond acceptors (Lipinski definition) is 4. The van der Waals surface area contributed by atoms with Crippen molar-refractivity contribution >= 4 is 17.3 Å². The molecule has 0 aromatic carbocycles. The van der Waals surface area contributed by atoms with E-state index in [4.69, 9.17) is 0 Å². The lowest BCUT2D eigenvalue weighted by Crippen LogP contribution is -2.46. The van der Waals surface area contributed by atoms with E-state index in [1.807, 2.05) is 18.4 Å². The number of piperidine rings is 1. The van der Waals surface area contributed by atoms with Gasteiger partial charge in [0, 0.05) is 31.6 Å². The van der Waals surface area contributed by atoms with Gasteiger partial charge in [-0.3, -0.25) is 9.89 Å². The van der Waals surface area contributed by atoms with Crippen LogP contribution >= 0.6 is 11.3 Å². The van der Waals surface area contributed by atoms with Gasteiger partial charge in [0.1, 0.15) is 0 Å². The molecule has 2 saturated heterocycles. The van der Waals surface area contributed by atoms with Crippen LogP contribution in [0.2, 0.25) is 0 Å². The summed E-state index contributed by atoms with van der Waals surface area (Å²) in [7, 11) is 1.88. The molecule has 0 saturated carbocycles. The highest BCUT2D eigenvalue weighted by Crippen LogP contribution is 2.29. The predicted molar refractivity (Wildman–Crippen MR) is 117 cm³/mol. The molecule has 2 N–H and O–H groups in total. The van der Waals surface area contributed by atoms with Gasteiger partial charge in [-0.05, 0) is 68.7 Å². The van der Waals surface area contributed by atoms with Crippen molar-refractivity contribution in [3.63, 3.8) is 0 Å². The van der Waals surface area contributed by atoms with Crippen LogP contribution in [0.3, 0.4) is 0 Å². The maximum atomic E-state index is 4.46. The molecule has 27 heavy (non-hydrogen) atoms. The van der Waals surface area contributed by atoms with Gasteiger partial charge in [-0.1, -0.05) is 19.9 Å². The van der Waals surface area contributed by atoms with Gasteiger partial charge in [0.2, 0.25) is 0 Å². The SMILES string of the molecule is CCN1CCC(CNC(=NC)NCC(c2cccs2)N2CCC(C)CC2)C1. The van der Waals surface area contributed by atoms with E-state index >= 15 is 0 Å². The van der Waals surface area contributed by atoms with Crippen LogP contribution < -0.4 is 10.6 Å². The van der Waals surface area contributed by atoms with Crippen LogP contribution in [0.1, 0.15) is 44.0 Å². The normalized spacial score (nSPS) is 24.3. The zero-order valence-electron chi connectivity index (χ0n) is 17.3. The summed E-state index contributed by atoms with van der Waals surface area (Å²) in [5, 5.41) is 9.37. The number of likely N-dealkylation sites (tertiary alicyclic amines) is 2. The summed E-state index contributed by atoms with van der Waals surface area (Å²) in [5.74, 6) is 2.54. The quantitative estimate of drug-likeness (QED) is 0.554. The van der Waals surface area contributed by atoms with Crippen molar-refractivity contribution in [3.8, 4) is 0 Å². The van der Waals surface area contributed by atoms with Crippen LogP contribution in [0, 0.1) is 11.8 Å². The molecule has 0 aliphatic carbocycles. The molecule has 152 valence electrons. The molecule has 0 amide bonds. The lowest BCUT2D eigenvalue weighted by Gasteiger charge is -2.36. The topological polar surface area (TPSA) is 42.9 Å². The average Bonchev–Trinajstić information content (AvgIpc) is 3.37. The highest BCUT2D eigenvalue weighted by Gasteiger charge is 2.26. The maximum Gasteiger partial charge on any atom is 0.191 e. The highest BCUT2D eigenvalue weighted by atomic mass is 32.1. The summed E-state index contributed by atoms with van der Waals surface area (Å²) in [5.41, 5.74) is 0. The Bertz CT molecular complexity index is 565. The van der Waals surface area contributed by atoms with Crippen LogP contribution in [0.5, 0.6) is 0 Å². The van der Waals surface area contributed by atoms with Crippen LogP contribution in [0.15, 0.2) is 22.5 Å². The van der Waals surface area contributed by atoms with Gasteiger partial charge in [-0.2, -0.15) is 0 Å². The van der Waals surface area contributed by atoms with Gasteiger partial charge in [0.15, 0.2) is 5.96 Å². The first-order chi connectivity index (χ1) is 13.2. The summed E-state index contributed by atoms with van der Waals surface area (Å²) in [6, 6.07) is 4.90. The molecule has 6 heteroatoms. The summed E-state index contributed by atoms with van der Waals surface area (Å²) >= 11 is 1.87. The number of nitrogens with one attached hydrogen (secondary N) is 2. The fourth-order valence-electron chi connectivity index (χ4n) is 4.25. The minimum Gasteiger partial charge on any atom is -0.356 e. The van der Waals surface area contributed by atoms with Crippen molar-refractivity contribution in [3.05, 3.63) is 22.4 Å². The molecule has 2 aliphatic rings. The Labute approximate surface area is 169 Å². The minimum atomic E-state index is 0.443. The summed E-state index contributed by atoms with van der Waals surface area (Å²) in [6.45, 7) is 12.6. The van der Waals surface area contributed by atoms with E-state index in [0.717, 1.165) is 30.9 Å². The van der Waals surface area contributed by atoms with Crippen LogP contribution in [0.4, 0.5) is 0 Å². The smallest absolute Gasteiger partial charge is 0.191 e. The van der Waals surface area contributed by atoms with Crippen molar-refractivity contribution in [1.29, 1.82) is 0 Å². The zero-order chi connectivity index (χ0) is 19.1. The van der Waals surface area contributed by atoms with E-state index in [1.165, 1.54) is 56.9 Å². The Morgan fingerprint density at radius 1 is 1.26 bits per heavy atom. The van der Waals surface area contributed by atoms with E-state index in [2.05, 4.69) is 56.8 Å². The lowest BCUT2D eigenvalue weighted by atomic mass is 9.97. The van der Waals surface area contributed by atoms with Crippen molar-refractivity contribution in [1.82, 2.24) is 20.4 Å². The van der Waals surface area contributed by atoms with E-state index < -0.39 is 0 Å². The number of guanidine groups is 1. The zero-order valence-corrected chi connectivity index (χ0v) is 18.1. The molecule has 2 fully saturated rings. The third-order valence-corrected chi connectivity index (χ3v) is 7.17. The molecule has 3 rings (SSSR count). The molecule has 2 atom stereocenters. The van der Waals surface area contributed by atoms with E-state index in [9.17, 15) is 0 Å². The number of nitrogens with zero attached hydrogens (tertiary/aromatic N) is 3. The van der Waals surface area contributed by atoms with Crippen molar-refractivity contribution in [2.75, 3.05) is 52.9 Å². The maximum absolute atomic E-state index is 4.46. The summed E-state index contributed by atoms with van der Waals surface area (Å²) in [6.07, 6.45) is 3.91. The van der Waals surface area contributed by atoms with Gasteiger partial charge >= 0.3 is 0 Å². The molecular weight excluding hydrogens is 354 g/mol. The molecule has 1 aromatic rings. The largest absolute Gasteiger partial charge is 0.356 e. The average molecular weight is 392 g/mol. The first-order valence-electron chi connectivity index (χ1n) is 10.6. The lowest BCUT2D eigenvalue weighted by molar-refractivity contribution is 0.140. The fourth-order valence-corrected chi connectivity index (χ4v) is 5.11. The molecule has 5 nitrogen and oxygen atoms in total. The van der Waals surface area contributed by atoms with Crippen molar-refractivity contribution in [2.24, 2.45) is 16.8 Å². The van der Waals surface area contributed by atoms with Crippen LogP contribution in [0.25, 0.3) is 0 Å². The molecule has 0 radical (unpaired) electrons.